The molecule has 0 heterocycles. The van der Waals surface area contributed by atoms with Crippen LogP contribution in [0.4, 0.5) is 4.39 Å². The second-order valence-electron chi connectivity index (χ2n) is 6.26. The van der Waals surface area contributed by atoms with Gasteiger partial charge in [-0.3, -0.25) is 9.59 Å². The highest BCUT2D eigenvalue weighted by Crippen LogP contribution is 2.15. The average Bonchev–Trinajstić information content (AvgIpc) is 2.66. The van der Waals surface area contributed by atoms with Crippen LogP contribution in [0, 0.1) is 12.7 Å². The first kappa shape index (κ1) is 20.4. The van der Waals surface area contributed by atoms with Gasteiger partial charge in [0.15, 0.2) is 6.61 Å². The van der Waals surface area contributed by atoms with Gasteiger partial charge in [-0.2, -0.15) is 0 Å². The Morgan fingerprint density at radius 1 is 1.15 bits per heavy atom. The van der Waals surface area contributed by atoms with E-state index < -0.39 is 6.04 Å². The Labute approximate surface area is 159 Å². The van der Waals surface area contributed by atoms with Gasteiger partial charge in [-0.1, -0.05) is 24.3 Å². The first-order valence-corrected chi connectivity index (χ1v) is 8.92. The van der Waals surface area contributed by atoms with Crippen LogP contribution in [-0.2, 0) is 16.1 Å². The fraction of sp³-hybridized carbons (Fsp3) is 0.333. The Morgan fingerprint density at radius 3 is 2.44 bits per heavy atom. The number of hydrogen-bond acceptors (Lipinski definition) is 3. The fourth-order valence-corrected chi connectivity index (χ4v) is 2.63. The highest BCUT2D eigenvalue weighted by Gasteiger charge is 2.26. The van der Waals surface area contributed by atoms with E-state index in [0.717, 1.165) is 11.1 Å². The number of nitrogens with one attached hydrogen (secondary N) is 1. The molecule has 0 aromatic heterocycles. The van der Waals surface area contributed by atoms with Crippen LogP contribution in [0.2, 0.25) is 0 Å². The number of hydrogen-bond donors (Lipinski definition) is 1. The minimum Gasteiger partial charge on any atom is -0.484 e. The van der Waals surface area contributed by atoms with Crippen molar-refractivity contribution in [2.45, 2.75) is 33.4 Å². The molecule has 0 aliphatic rings. The molecule has 0 aliphatic carbocycles. The Morgan fingerprint density at radius 2 is 1.81 bits per heavy atom. The van der Waals surface area contributed by atoms with Crippen molar-refractivity contribution in [2.24, 2.45) is 0 Å². The van der Waals surface area contributed by atoms with Crippen LogP contribution in [-0.4, -0.2) is 35.9 Å². The topological polar surface area (TPSA) is 58.6 Å². The van der Waals surface area contributed by atoms with Crippen LogP contribution in [0.1, 0.15) is 25.0 Å². The van der Waals surface area contributed by atoms with Crippen molar-refractivity contribution >= 4 is 11.8 Å². The van der Waals surface area contributed by atoms with Crippen molar-refractivity contribution in [3.05, 3.63) is 65.5 Å². The summed E-state index contributed by atoms with van der Waals surface area (Å²) < 4.78 is 18.5. The van der Waals surface area contributed by atoms with Gasteiger partial charge in [-0.15, -0.1) is 0 Å². The predicted octanol–water partition coefficient (Wildman–Crippen LogP) is 3.07. The molecule has 2 amide bonds. The lowest BCUT2D eigenvalue weighted by atomic mass is 10.1. The number of likely N-dealkylation sites (N-methyl/N-ethyl adjacent to an activating group) is 1. The van der Waals surface area contributed by atoms with Crippen molar-refractivity contribution in [3.63, 3.8) is 0 Å². The van der Waals surface area contributed by atoms with Gasteiger partial charge in [0.1, 0.15) is 17.6 Å². The van der Waals surface area contributed by atoms with Crippen molar-refractivity contribution in [3.8, 4) is 5.75 Å². The molecule has 2 aromatic rings. The van der Waals surface area contributed by atoms with Gasteiger partial charge >= 0.3 is 0 Å². The summed E-state index contributed by atoms with van der Waals surface area (Å²) in [6.07, 6.45) is 0. The Balaban J connectivity index is 2.14. The molecule has 0 saturated heterocycles. The van der Waals surface area contributed by atoms with Crippen molar-refractivity contribution in [1.29, 1.82) is 0 Å². The Kier molecular flexibility index (Phi) is 7.34. The van der Waals surface area contributed by atoms with Crippen LogP contribution in [0.5, 0.6) is 5.75 Å². The van der Waals surface area contributed by atoms with Gasteiger partial charge in [-0.05, 0) is 56.2 Å². The number of carbonyl (C=O) groups excluding carboxylic acids is 2. The number of rotatable bonds is 8. The minimum atomic E-state index is -0.645. The summed E-state index contributed by atoms with van der Waals surface area (Å²) in [5.74, 6) is -0.520. The molecule has 0 unspecified atom stereocenters. The van der Waals surface area contributed by atoms with E-state index in [4.69, 9.17) is 4.74 Å². The number of aryl methyl sites for hydroxylation is 1. The largest absolute Gasteiger partial charge is 0.484 e. The van der Waals surface area contributed by atoms with E-state index >= 15 is 0 Å². The molecule has 27 heavy (non-hydrogen) atoms. The molecule has 0 spiro atoms. The van der Waals surface area contributed by atoms with Crippen LogP contribution >= 0.6 is 0 Å². The van der Waals surface area contributed by atoms with Crippen LogP contribution in [0.25, 0.3) is 0 Å². The van der Waals surface area contributed by atoms with E-state index in [-0.39, 0.29) is 24.2 Å². The molecule has 0 fully saturated rings. The van der Waals surface area contributed by atoms with E-state index in [0.29, 0.717) is 18.8 Å². The second-order valence-corrected chi connectivity index (χ2v) is 6.26. The van der Waals surface area contributed by atoms with E-state index in [1.807, 2.05) is 38.1 Å². The molecular weight excluding hydrogens is 347 g/mol. The van der Waals surface area contributed by atoms with Crippen LogP contribution in [0.3, 0.4) is 0 Å². The second kappa shape index (κ2) is 9.71. The number of benzene rings is 2. The maximum Gasteiger partial charge on any atom is 0.261 e. The molecule has 144 valence electrons. The van der Waals surface area contributed by atoms with Gasteiger partial charge in [0.2, 0.25) is 5.91 Å². The zero-order valence-electron chi connectivity index (χ0n) is 15.9. The molecule has 2 rings (SSSR count). The quantitative estimate of drug-likeness (QED) is 0.775. The Hall–Kier alpha value is -2.89. The van der Waals surface area contributed by atoms with Crippen LogP contribution in [0.15, 0.2) is 48.5 Å². The predicted molar refractivity (Wildman–Crippen MR) is 102 cm³/mol. The van der Waals surface area contributed by atoms with Crippen molar-refractivity contribution in [1.82, 2.24) is 10.2 Å². The summed E-state index contributed by atoms with van der Waals surface area (Å²) in [7, 11) is 0. The van der Waals surface area contributed by atoms with E-state index in [2.05, 4.69) is 5.32 Å². The summed E-state index contributed by atoms with van der Waals surface area (Å²) >= 11 is 0. The van der Waals surface area contributed by atoms with E-state index in [1.54, 1.807) is 6.92 Å². The third-order valence-corrected chi connectivity index (χ3v) is 4.30. The number of halogens is 1. The van der Waals surface area contributed by atoms with Gasteiger partial charge in [0, 0.05) is 13.1 Å². The van der Waals surface area contributed by atoms with E-state index in [1.165, 1.54) is 29.2 Å². The van der Waals surface area contributed by atoms with E-state index in [9.17, 15) is 14.0 Å². The molecule has 0 saturated carbocycles. The lowest BCUT2D eigenvalue weighted by Crippen LogP contribution is -2.49. The number of nitrogens with zero attached hydrogens (tertiary/aromatic N) is 1. The minimum absolute atomic E-state index is 0.221. The zero-order valence-corrected chi connectivity index (χ0v) is 15.9. The average molecular weight is 372 g/mol. The fourth-order valence-electron chi connectivity index (χ4n) is 2.63. The normalized spacial score (nSPS) is 11.6. The molecule has 1 N–H and O–H groups in total. The summed E-state index contributed by atoms with van der Waals surface area (Å²) in [4.78, 5) is 26.6. The van der Waals surface area contributed by atoms with Crippen molar-refractivity contribution < 1.29 is 18.7 Å². The lowest BCUT2D eigenvalue weighted by Gasteiger charge is -2.29. The standard InChI is InChI=1S/C21H25FN2O3/c1-4-23-21(26)16(3)24(13-17-8-6-5-7-15(17)2)20(25)14-27-19-11-9-18(22)10-12-19/h5-12,16H,4,13-14H2,1-3H3,(H,23,26)/t16-/m0/s1. The first-order valence-electron chi connectivity index (χ1n) is 8.92. The molecular formula is C21H25FN2O3. The summed E-state index contributed by atoms with van der Waals surface area (Å²) in [6, 6.07) is 12.5. The molecule has 0 aliphatic heterocycles. The van der Waals surface area contributed by atoms with Gasteiger partial charge in [-0.25, -0.2) is 4.39 Å². The SMILES string of the molecule is CCNC(=O)[C@H](C)N(Cc1ccccc1C)C(=O)COc1ccc(F)cc1. The van der Waals surface area contributed by atoms with Gasteiger partial charge in [0.25, 0.3) is 5.91 Å². The highest BCUT2D eigenvalue weighted by atomic mass is 19.1. The third-order valence-electron chi connectivity index (χ3n) is 4.30. The Bertz CT molecular complexity index is 777. The highest BCUT2D eigenvalue weighted by molar-refractivity contribution is 5.87. The summed E-state index contributed by atoms with van der Waals surface area (Å²) in [5, 5.41) is 2.75. The van der Waals surface area contributed by atoms with Gasteiger partial charge in [0.05, 0.1) is 0 Å². The summed E-state index contributed by atoms with van der Waals surface area (Å²) in [6.45, 7) is 6.04. The molecule has 2 aromatic carbocycles. The smallest absolute Gasteiger partial charge is 0.261 e. The molecule has 6 heteroatoms. The number of ether oxygens (including phenoxy) is 1. The van der Waals surface area contributed by atoms with Crippen LogP contribution < -0.4 is 10.1 Å². The maximum absolute atomic E-state index is 13.0. The molecule has 0 bridgehead atoms. The summed E-state index contributed by atoms with van der Waals surface area (Å²) in [5.41, 5.74) is 2.00. The van der Waals surface area contributed by atoms with Gasteiger partial charge < -0.3 is 15.0 Å². The zero-order chi connectivity index (χ0) is 19.8. The van der Waals surface area contributed by atoms with Crippen molar-refractivity contribution in [2.75, 3.05) is 13.2 Å². The third kappa shape index (κ3) is 5.81. The monoisotopic (exact) mass is 372 g/mol. The molecule has 0 radical (unpaired) electrons. The molecule has 1 atom stereocenters. The molecule has 5 nitrogen and oxygen atoms in total. The first-order chi connectivity index (χ1) is 12.9. The lowest BCUT2D eigenvalue weighted by molar-refractivity contribution is -0.142. The number of amides is 2. The number of carbonyl (C=O) groups is 2. The maximum atomic E-state index is 13.0.